The summed E-state index contributed by atoms with van der Waals surface area (Å²) in [7, 11) is 1.66. The molecule has 0 fully saturated rings. The first-order valence-electron chi connectivity index (χ1n) is 12.7. The van der Waals surface area contributed by atoms with Crippen LogP contribution in [0.5, 0.6) is 5.75 Å². The van der Waals surface area contributed by atoms with Crippen LogP contribution in [-0.4, -0.2) is 32.0 Å². The summed E-state index contributed by atoms with van der Waals surface area (Å²) < 4.78 is 9.21. The van der Waals surface area contributed by atoms with Crippen molar-refractivity contribution in [3.63, 3.8) is 0 Å². The van der Waals surface area contributed by atoms with Crippen molar-refractivity contribution in [1.29, 1.82) is 0 Å². The molecule has 4 aromatic rings. The highest BCUT2D eigenvalue weighted by Gasteiger charge is 2.23. The molecule has 0 radical (unpaired) electrons. The lowest BCUT2D eigenvalue weighted by Gasteiger charge is -2.22. The quantitative estimate of drug-likeness (QED) is 0.377. The van der Waals surface area contributed by atoms with Crippen molar-refractivity contribution >= 4 is 5.97 Å². The van der Waals surface area contributed by atoms with E-state index in [1.165, 1.54) is 4.57 Å². The molecule has 2 aromatic carbocycles. The number of nitrogens with zero attached hydrogens (tertiary/aromatic N) is 3. The molecule has 0 amide bonds. The molecule has 2 aromatic heterocycles. The number of aliphatic carboxylic acids is 1. The van der Waals surface area contributed by atoms with Crippen molar-refractivity contribution in [1.82, 2.24) is 14.3 Å². The molecule has 3 heterocycles. The largest absolute Gasteiger partial charge is 0.493 e. The number of ether oxygens (including phenoxy) is 1. The summed E-state index contributed by atoms with van der Waals surface area (Å²) in [6.07, 6.45) is 6.46. The monoisotopic (exact) mass is 497 g/mol. The topological polar surface area (TPSA) is 86.4 Å². The number of carbonyl (C=O) groups is 1. The molecule has 1 N–H and O–H groups in total. The van der Waals surface area contributed by atoms with Gasteiger partial charge in [0.25, 0.3) is 5.56 Å². The molecule has 0 saturated carbocycles. The first-order chi connectivity index (χ1) is 17.9. The van der Waals surface area contributed by atoms with Gasteiger partial charge in [-0.1, -0.05) is 31.2 Å². The van der Waals surface area contributed by atoms with Crippen molar-refractivity contribution in [3.05, 3.63) is 82.0 Å². The maximum atomic E-state index is 13.7. The molecule has 0 spiro atoms. The van der Waals surface area contributed by atoms with Gasteiger partial charge in [0.2, 0.25) is 0 Å². The number of aromatic nitrogens is 3. The number of fused-ring (bicyclic) bond motifs is 1. The van der Waals surface area contributed by atoms with E-state index in [2.05, 4.69) is 18.1 Å². The summed E-state index contributed by atoms with van der Waals surface area (Å²) in [6.45, 7) is 5.58. The average Bonchev–Trinajstić information content (AvgIpc) is 3.36. The summed E-state index contributed by atoms with van der Waals surface area (Å²) in [5.74, 6) is -0.107. The van der Waals surface area contributed by atoms with Crippen molar-refractivity contribution in [3.8, 4) is 39.1 Å². The van der Waals surface area contributed by atoms with Gasteiger partial charge >= 0.3 is 5.97 Å². The minimum Gasteiger partial charge on any atom is -0.493 e. The summed E-state index contributed by atoms with van der Waals surface area (Å²) in [5, 5.41) is 14.1. The van der Waals surface area contributed by atoms with Crippen LogP contribution in [0.25, 0.3) is 33.4 Å². The molecule has 37 heavy (non-hydrogen) atoms. The number of aryl methyl sites for hydroxylation is 2. The number of carboxylic acid groups (broad SMARTS) is 1. The minimum atomic E-state index is -0.976. The molecule has 190 valence electrons. The van der Waals surface area contributed by atoms with E-state index < -0.39 is 5.97 Å². The Kier molecular flexibility index (Phi) is 6.70. The average molecular weight is 498 g/mol. The maximum absolute atomic E-state index is 13.7. The number of hydrogen-bond acceptors (Lipinski definition) is 4. The third kappa shape index (κ3) is 4.69. The number of hydrogen-bond donors (Lipinski definition) is 1. The van der Waals surface area contributed by atoms with Gasteiger partial charge in [-0.2, -0.15) is 5.10 Å². The smallest absolute Gasteiger partial charge is 0.309 e. The lowest BCUT2D eigenvalue weighted by molar-refractivity contribution is -0.136. The molecule has 0 bridgehead atoms. The molecule has 1 aliphatic heterocycles. The van der Waals surface area contributed by atoms with Gasteiger partial charge in [-0.25, -0.2) is 0 Å². The van der Waals surface area contributed by atoms with Crippen LogP contribution in [0, 0.1) is 6.92 Å². The first kappa shape index (κ1) is 24.6. The molecule has 0 saturated heterocycles. The summed E-state index contributed by atoms with van der Waals surface area (Å²) in [4.78, 5) is 25.5. The van der Waals surface area contributed by atoms with E-state index in [-0.39, 0.29) is 12.0 Å². The van der Waals surface area contributed by atoms with Gasteiger partial charge in [-0.05, 0) is 72.2 Å². The van der Waals surface area contributed by atoms with Gasteiger partial charge in [0.15, 0.2) is 0 Å². The summed E-state index contributed by atoms with van der Waals surface area (Å²) in [5.41, 5.74) is 7.17. The summed E-state index contributed by atoms with van der Waals surface area (Å²) in [6, 6.07) is 13.9. The Hall–Kier alpha value is -4.13. The van der Waals surface area contributed by atoms with E-state index in [0.29, 0.717) is 17.9 Å². The van der Waals surface area contributed by atoms with Crippen LogP contribution in [-0.2, 0) is 31.2 Å². The van der Waals surface area contributed by atoms with Crippen molar-refractivity contribution in [2.24, 2.45) is 7.05 Å². The number of rotatable bonds is 7. The lowest BCUT2D eigenvalue weighted by Crippen LogP contribution is -2.26. The third-order valence-corrected chi connectivity index (χ3v) is 7.05. The van der Waals surface area contributed by atoms with Crippen LogP contribution in [0.2, 0.25) is 0 Å². The SMILES string of the molecule is CCCn1cc(-c2cccc(-c3c(C)c(-c4ccc5c(c4)CCCO5)c(CC(=O)O)n(C)c3=O)c2)cn1. The van der Waals surface area contributed by atoms with Gasteiger partial charge in [0, 0.05) is 36.6 Å². The zero-order valence-corrected chi connectivity index (χ0v) is 21.5. The van der Waals surface area contributed by atoms with E-state index in [4.69, 9.17) is 4.74 Å². The molecule has 1 aliphatic rings. The predicted molar refractivity (Wildman–Crippen MR) is 144 cm³/mol. The van der Waals surface area contributed by atoms with Gasteiger partial charge in [0.1, 0.15) is 5.75 Å². The fourth-order valence-corrected chi connectivity index (χ4v) is 5.27. The van der Waals surface area contributed by atoms with Crippen LogP contribution in [0.1, 0.15) is 36.6 Å². The highest BCUT2D eigenvalue weighted by Crippen LogP contribution is 2.37. The number of pyridine rings is 1. The van der Waals surface area contributed by atoms with Crippen LogP contribution in [0.3, 0.4) is 0 Å². The summed E-state index contributed by atoms with van der Waals surface area (Å²) >= 11 is 0. The molecular formula is C30H31N3O4. The molecule has 5 rings (SSSR count). The van der Waals surface area contributed by atoms with Gasteiger partial charge < -0.3 is 14.4 Å². The van der Waals surface area contributed by atoms with Crippen molar-refractivity contribution in [2.75, 3.05) is 6.61 Å². The van der Waals surface area contributed by atoms with Gasteiger partial charge in [0.05, 0.1) is 24.8 Å². The maximum Gasteiger partial charge on any atom is 0.309 e. The zero-order valence-electron chi connectivity index (χ0n) is 21.5. The molecular weight excluding hydrogens is 466 g/mol. The van der Waals surface area contributed by atoms with Crippen LogP contribution in [0.15, 0.2) is 59.7 Å². The van der Waals surface area contributed by atoms with Crippen molar-refractivity contribution < 1.29 is 14.6 Å². The standard InChI is InChI=1S/C30H31N3O4/c1-4-12-33-18-24(17-31-33)20-7-5-8-22(14-20)29-19(2)28(25(16-27(34)35)32(3)30(29)36)23-10-11-26-21(15-23)9-6-13-37-26/h5,7-8,10-11,14-15,17-18H,4,6,9,12-13,16H2,1-3H3,(H,34,35). The predicted octanol–water partition coefficient (Wildman–Crippen LogP) is 5.25. The van der Waals surface area contributed by atoms with Gasteiger partial charge in [-0.15, -0.1) is 0 Å². The minimum absolute atomic E-state index is 0.211. The van der Waals surface area contributed by atoms with Crippen LogP contribution >= 0.6 is 0 Å². The van der Waals surface area contributed by atoms with Gasteiger partial charge in [-0.3, -0.25) is 14.3 Å². The van der Waals surface area contributed by atoms with Crippen LogP contribution < -0.4 is 10.3 Å². The Morgan fingerprint density at radius 1 is 1.08 bits per heavy atom. The Morgan fingerprint density at radius 2 is 1.86 bits per heavy atom. The molecule has 0 unspecified atom stereocenters. The Morgan fingerprint density at radius 3 is 2.65 bits per heavy atom. The Balaban J connectivity index is 1.70. The molecule has 7 nitrogen and oxygen atoms in total. The van der Waals surface area contributed by atoms with E-state index >= 15 is 0 Å². The molecule has 0 atom stereocenters. The highest BCUT2D eigenvalue weighted by molar-refractivity contribution is 5.84. The second-order valence-electron chi connectivity index (χ2n) is 9.60. The Bertz CT molecular complexity index is 1550. The van der Waals surface area contributed by atoms with Crippen LogP contribution in [0.4, 0.5) is 0 Å². The number of carboxylic acids is 1. The molecule has 0 aliphatic carbocycles. The van der Waals surface area contributed by atoms with E-state index in [9.17, 15) is 14.7 Å². The van der Waals surface area contributed by atoms with E-state index in [0.717, 1.165) is 70.5 Å². The zero-order chi connectivity index (χ0) is 26.1. The van der Waals surface area contributed by atoms with E-state index in [1.807, 2.05) is 60.4 Å². The fourth-order valence-electron chi connectivity index (χ4n) is 5.27. The fraction of sp³-hybridized carbons (Fsp3) is 0.300. The van der Waals surface area contributed by atoms with E-state index in [1.54, 1.807) is 7.05 Å². The number of benzene rings is 2. The lowest BCUT2D eigenvalue weighted by atomic mass is 9.89. The second kappa shape index (κ2) is 10.1. The highest BCUT2D eigenvalue weighted by atomic mass is 16.5. The first-order valence-corrected chi connectivity index (χ1v) is 12.7. The normalized spacial score (nSPS) is 12.7. The second-order valence-corrected chi connectivity index (χ2v) is 9.60. The molecule has 7 heteroatoms. The van der Waals surface area contributed by atoms with Crippen molar-refractivity contribution in [2.45, 2.75) is 46.1 Å². The third-order valence-electron chi connectivity index (χ3n) is 7.05. The Labute approximate surface area is 216 Å².